The molecule has 3 fully saturated rings. The summed E-state index contributed by atoms with van der Waals surface area (Å²) in [7, 11) is 4.44. The topological polar surface area (TPSA) is 239 Å². The molecule has 76 heavy (non-hydrogen) atoms. The predicted octanol–water partition coefficient (Wildman–Crippen LogP) is 6.05. The molecule has 422 valence electrons. The summed E-state index contributed by atoms with van der Waals surface area (Å²) in [5.41, 5.74) is 1.20. The Balaban J connectivity index is 1.41. The van der Waals surface area contributed by atoms with E-state index in [0.29, 0.717) is 63.4 Å². The number of ether oxygens (including phenoxy) is 6. The molecule has 0 aromatic carbocycles. The summed E-state index contributed by atoms with van der Waals surface area (Å²) in [6.45, 7) is 12.4. The van der Waals surface area contributed by atoms with Crippen LogP contribution in [0.3, 0.4) is 0 Å². The number of piperidine rings is 1. The highest BCUT2D eigenvalue weighted by molar-refractivity contribution is 6.39. The third-order valence-corrected chi connectivity index (χ3v) is 16.2. The first-order chi connectivity index (χ1) is 36.0. The van der Waals surface area contributed by atoms with Crippen LogP contribution < -0.4 is 0 Å². The molecule has 0 aromatic heterocycles. The number of ketones is 3. The lowest BCUT2D eigenvalue weighted by Gasteiger charge is -2.42. The van der Waals surface area contributed by atoms with Gasteiger partial charge in [-0.3, -0.25) is 38.5 Å². The smallest absolute Gasteiger partial charge is 0.329 e. The minimum Gasteiger partial charge on any atom is -0.460 e. The van der Waals surface area contributed by atoms with E-state index < -0.39 is 114 Å². The van der Waals surface area contributed by atoms with Gasteiger partial charge in [0, 0.05) is 77.2 Å². The lowest BCUT2D eigenvalue weighted by Crippen LogP contribution is -2.61. The molecule has 0 aromatic rings. The quantitative estimate of drug-likeness (QED) is 0.110. The van der Waals surface area contributed by atoms with E-state index in [-0.39, 0.29) is 62.2 Å². The maximum Gasteiger partial charge on any atom is 0.329 e. The van der Waals surface area contributed by atoms with Crippen LogP contribution in [0.15, 0.2) is 59.8 Å². The summed E-state index contributed by atoms with van der Waals surface area (Å²) >= 11 is 0. The van der Waals surface area contributed by atoms with Gasteiger partial charge in [-0.05, 0) is 107 Å². The van der Waals surface area contributed by atoms with Gasteiger partial charge in [0.05, 0.1) is 24.7 Å². The predicted molar refractivity (Wildman–Crippen MR) is 279 cm³/mol. The summed E-state index contributed by atoms with van der Waals surface area (Å²) < 4.78 is 35.5. The number of nitrogens with zero attached hydrogens (tertiary/aromatic N) is 2. The zero-order valence-corrected chi connectivity index (χ0v) is 46.3. The van der Waals surface area contributed by atoms with Crippen LogP contribution in [0.4, 0.5) is 0 Å². The van der Waals surface area contributed by atoms with Crippen molar-refractivity contribution in [3.05, 3.63) is 59.8 Å². The molecule has 0 spiro atoms. The molecule has 5 aliphatic rings. The fourth-order valence-corrected chi connectivity index (χ4v) is 11.3. The molecule has 2 N–H and O–H groups in total. The zero-order valence-electron chi connectivity index (χ0n) is 46.3. The second-order valence-corrected chi connectivity index (χ2v) is 22.0. The molecule has 3 amide bonds. The van der Waals surface area contributed by atoms with Crippen molar-refractivity contribution in [2.75, 3.05) is 34.4 Å². The SMILES string of the molecule is COC1C(=O)[C@H](C)CC(C)/C=C/C=C/C=C(\C)[C@@H](OC)C[C@@H]2CC[C@@H](C)[C@@](O)(O2)C(=O)C(=O)N2CCCCC2C(=O)O[C@H]([C@@H](C)C[C@@H]2CC[C@@H](OC(=O)CCN3C(=O)C=CC3=O)[C@H](OC)C2)CC(=O)C(C)/C=C(\C)[C@H]1O. The van der Waals surface area contributed by atoms with Gasteiger partial charge in [0.15, 0.2) is 5.78 Å². The van der Waals surface area contributed by atoms with Crippen LogP contribution in [-0.2, 0) is 66.8 Å². The summed E-state index contributed by atoms with van der Waals surface area (Å²) in [5.74, 6) is -10.2. The van der Waals surface area contributed by atoms with Gasteiger partial charge in [0.25, 0.3) is 23.5 Å². The molecule has 18 heteroatoms. The van der Waals surface area contributed by atoms with Crippen molar-refractivity contribution < 1.29 is 77.0 Å². The maximum absolute atomic E-state index is 14.6. The van der Waals surface area contributed by atoms with Crippen LogP contribution >= 0.6 is 0 Å². The minimum atomic E-state index is -2.47. The van der Waals surface area contributed by atoms with Crippen LogP contribution in [0.1, 0.15) is 132 Å². The summed E-state index contributed by atoms with van der Waals surface area (Å²) in [6, 6.07) is -1.21. The van der Waals surface area contributed by atoms with Crippen molar-refractivity contribution in [1.82, 2.24) is 9.80 Å². The maximum atomic E-state index is 14.6. The number of cyclic esters (lactones) is 1. The van der Waals surface area contributed by atoms with Crippen LogP contribution in [0.5, 0.6) is 0 Å². The Hall–Kier alpha value is -4.98. The van der Waals surface area contributed by atoms with Gasteiger partial charge in [0.1, 0.15) is 36.2 Å². The molecule has 5 rings (SSSR count). The molecular weight excluding hydrogens is 981 g/mol. The van der Waals surface area contributed by atoms with Crippen molar-refractivity contribution in [1.29, 1.82) is 0 Å². The monoisotopic (exact) mass is 1060 g/mol. The van der Waals surface area contributed by atoms with E-state index in [1.54, 1.807) is 40.9 Å². The van der Waals surface area contributed by atoms with Gasteiger partial charge >= 0.3 is 11.9 Å². The van der Waals surface area contributed by atoms with Gasteiger partial charge in [-0.15, -0.1) is 0 Å². The van der Waals surface area contributed by atoms with Crippen molar-refractivity contribution in [3.8, 4) is 0 Å². The van der Waals surface area contributed by atoms with E-state index in [2.05, 4.69) is 0 Å². The van der Waals surface area contributed by atoms with Crippen LogP contribution in [0, 0.1) is 35.5 Å². The Morgan fingerprint density at radius 3 is 2.21 bits per heavy atom. The number of hydrogen-bond acceptors (Lipinski definition) is 16. The Morgan fingerprint density at radius 1 is 0.829 bits per heavy atom. The van der Waals surface area contributed by atoms with Gasteiger partial charge in [-0.2, -0.15) is 0 Å². The number of esters is 2. The molecule has 4 heterocycles. The standard InChI is InChI=1S/C58H84N2O16/c1-34-16-12-11-13-17-35(2)46(71-8)32-42-21-19-40(7)58(70,76-42)55(67)56(68)59-26-15-14-18-43(59)57(69)75-47(33-44(61)36(3)29-39(6)53(66)54(73-10)52(65)38(5)28-34)37(4)30-41-20-22-45(48(31-41)72-9)74-51(64)25-27-60-49(62)23-24-50(60)63/h11-13,16-17,23-24,29,34,36-38,40-43,45-48,53-54,66,70H,14-15,18-22,25-28,30-33H2,1-10H3/b13-11+,16-12+,35-17+,39-29+/t34?,36?,37-,38+,40+,41-,42-,43?,45+,46-,47-,48+,53+,54?,58+/m0/s1. The molecule has 4 aliphatic heterocycles. The number of allylic oxidation sites excluding steroid dienone is 6. The largest absolute Gasteiger partial charge is 0.460 e. The van der Waals surface area contributed by atoms with Crippen molar-refractivity contribution in [2.45, 2.75) is 186 Å². The molecule has 15 atom stereocenters. The van der Waals surface area contributed by atoms with Crippen molar-refractivity contribution >= 4 is 47.0 Å². The minimum absolute atomic E-state index is 0.0109. The molecule has 18 nitrogen and oxygen atoms in total. The molecular formula is C58H84N2O16. The van der Waals surface area contributed by atoms with E-state index >= 15 is 0 Å². The van der Waals surface area contributed by atoms with E-state index in [4.69, 9.17) is 28.4 Å². The zero-order chi connectivity index (χ0) is 56.0. The second-order valence-electron chi connectivity index (χ2n) is 22.0. The van der Waals surface area contributed by atoms with Crippen LogP contribution in [-0.4, -0.2) is 156 Å². The lowest BCUT2D eigenvalue weighted by atomic mass is 9.78. The highest BCUT2D eigenvalue weighted by atomic mass is 16.6. The summed E-state index contributed by atoms with van der Waals surface area (Å²) in [6.07, 6.45) is 11.9. The van der Waals surface area contributed by atoms with Gasteiger partial charge in [-0.25, -0.2) is 4.79 Å². The lowest BCUT2D eigenvalue weighted by molar-refractivity contribution is -0.265. The number of amides is 3. The first-order valence-corrected chi connectivity index (χ1v) is 27.2. The normalized spacial score (nSPS) is 37.1. The molecule has 1 saturated carbocycles. The fraction of sp³-hybridized carbons (Fsp3) is 0.690. The van der Waals surface area contributed by atoms with E-state index in [0.717, 1.165) is 27.5 Å². The number of imide groups is 1. The number of carbonyl (C=O) groups excluding carboxylic acids is 8. The van der Waals surface area contributed by atoms with Gasteiger partial charge < -0.3 is 43.5 Å². The molecule has 2 bridgehead atoms. The van der Waals surface area contributed by atoms with E-state index in [1.807, 2.05) is 51.2 Å². The Labute approximate surface area is 448 Å². The number of rotatable bonds is 10. The molecule has 1 aliphatic carbocycles. The van der Waals surface area contributed by atoms with Crippen molar-refractivity contribution in [3.63, 3.8) is 0 Å². The fourth-order valence-electron chi connectivity index (χ4n) is 11.3. The number of methoxy groups -OCH3 is 3. The van der Waals surface area contributed by atoms with Gasteiger partial charge in [0.2, 0.25) is 5.79 Å². The van der Waals surface area contributed by atoms with E-state index in [1.165, 1.54) is 14.2 Å². The number of hydrogen-bond donors (Lipinski definition) is 2. The van der Waals surface area contributed by atoms with Gasteiger partial charge in [-0.1, -0.05) is 71.1 Å². The first kappa shape index (κ1) is 61.9. The average molecular weight is 1070 g/mol. The van der Waals surface area contributed by atoms with Crippen LogP contribution in [0.25, 0.3) is 0 Å². The average Bonchev–Trinajstić information content (AvgIpc) is 3.72. The van der Waals surface area contributed by atoms with Crippen LogP contribution in [0.2, 0.25) is 0 Å². The summed E-state index contributed by atoms with van der Waals surface area (Å²) in [5, 5.41) is 23.6. The van der Waals surface area contributed by atoms with E-state index in [9.17, 15) is 48.6 Å². The number of fused-ring (bicyclic) bond motifs is 3. The molecule has 0 radical (unpaired) electrons. The summed E-state index contributed by atoms with van der Waals surface area (Å²) in [4.78, 5) is 110. The Bertz CT molecular complexity index is 2230. The first-order valence-electron chi connectivity index (χ1n) is 27.2. The number of aliphatic hydroxyl groups excluding tert-OH is 1. The van der Waals surface area contributed by atoms with Crippen molar-refractivity contribution in [2.24, 2.45) is 35.5 Å². The third kappa shape index (κ3) is 16.1. The third-order valence-electron chi connectivity index (χ3n) is 16.2. The highest BCUT2D eigenvalue weighted by Gasteiger charge is 2.53. The number of carbonyl (C=O) groups is 8. The Kier molecular flexibility index (Phi) is 23.3. The number of Topliss-reactive ketones (excluding diaryl/α,β-unsaturated/α-hetero) is 3. The Morgan fingerprint density at radius 2 is 1.54 bits per heavy atom. The highest BCUT2D eigenvalue weighted by Crippen LogP contribution is 2.38. The molecule has 2 saturated heterocycles. The molecule has 4 unspecified atom stereocenters. The second kappa shape index (κ2) is 28.6. The number of aliphatic hydroxyl groups is 2.